The molecule has 0 aliphatic carbocycles. The minimum atomic E-state index is -0.596. The van der Waals surface area contributed by atoms with Crippen LogP contribution in [-0.4, -0.2) is 30.1 Å². The Labute approximate surface area is 63.7 Å². The van der Waals surface area contributed by atoms with Gasteiger partial charge in [-0.15, -0.1) is 5.73 Å². The van der Waals surface area contributed by atoms with Crippen molar-refractivity contribution in [1.29, 1.82) is 0 Å². The van der Waals surface area contributed by atoms with Crippen molar-refractivity contribution < 1.29 is 14.3 Å². The molecule has 0 unspecified atom stereocenters. The first-order valence-electron chi connectivity index (χ1n) is 3.10. The van der Waals surface area contributed by atoms with E-state index in [2.05, 4.69) is 17.0 Å². The van der Waals surface area contributed by atoms with E-state index in [9.17, 15) is 9.59 Å². The summed E-state index contributed by atoms with van der Waals surface area (Å²) < 4.78 is 4.53. The van der Waals surface area contributed by atoms with E-state index in [4.69, 9.17) is 0 Å². The average molecular weight is 153 g/mol. The summed E-state index contributed by atoms with van der Waals surface area (Å²) in [5.74, 6) is -0.428. The van der Waals surface area contributed by atoms with Crippen LogP contribution in [-0.2, 0) is 9.53 Å². The number of imide groups is 1. The number of ether oxygens (including phenoxy) is 1. The van der Waals surface area contributed by atoms with E-state index in [1.807, 2.05) is 0 Å². The highest BCUT2D eigenvalue weighted by atomic mass is 16.6. The molecule has 2 amide bonds. The Kier molecular flexibility index (Phi) is 2.09. The van der Waals surface area contributed by atoms with Crippen molar-refractivity contribution in [2.75, 3.05) is 13.2 Å². The molecule has 0 saturated carbocycles. The van der Waals surface area contributed by atoms with Gasteiger partial charge in [0.25, 0.3) is 5.91 Å². The van der Waals surface area contributed by atoms with Crippen LogP contribution in [0.25, 0.3) is 0 Å². The average Bonchev–Trinajstić information content (AvgIpc) is 2.36. The number of carbonyl (C=O) groups excluding carboxylic acids is 2. The van der Waals surface area contributed by atoms with E-state index >= 15 is 0 Å². The van der Waals surface area contributed by atoms with Gasteiger partial charge in [0.1, 0.15) is 6.61 Å². The lowest BCUT2D eigenvalue weighted by Crippen LogP contribution is -2.29. The van der Waals surface area contributed by atoms with Crippen molar-refractivity contribution in [1.82, 2.24) is 4.90 Å². The maximum Gasteiger partial charge on any atom is 0.416 e. The minimum Gasteiger partial charge on any atom is -0.447 e. The van der Waals surface area contributed by atoms with Gasteiger partial charge in [0, 0.05) is 6.08 Å². The van der Waals surface area contributed by atoms with Crippen molar-refractivity contribution in [2.24, 2.45) is 0 Å². The molecule has 1 fully saturated rings. The predicted molar refractivity (Wildman–Crippen MR) is 36.8 cm³/mol. The molecule has 1 aliphatic rings. The van der Waals surface area contributed by atoms with Crippen LogP contribution >= 0.6 is 0 Å². The van der Waals surface area contributed by atoms with E-state index < -0.39 is 12.0 Å². The molecule has 58 valence electrons. The summed E-state index contributed by atoms with van der Waals surface area (Å²) in [5, 5.41) is 0. The summed E-state index contributed by atoms with van der Waals surface area (Å²) in [6.45, 7) is 3.81. The highest BCUT2D eigenvalue weighted by Crippen LogP contribution is 2.03. The Morgan fingerprint density at radius 2 is 2.55 bits per heavy atom. The molecule has 0 radical (unpaired) electrons. The number of hydrogen-bond donors (Lipinski definition) is 0. The smallest absolute Gasteiger partial charge is 0.416 e. The first kappa shape index (κ1) is 7.57. The number of amides is 2. The highest BCUT2D eigenvalue weighted by Gasteiger charge is 2.26. The number of hydrogen-bond acceptors (Lipinski definition) is 3. The zero-order valence-corrected chi connectivity index (χ0v) is 5.87. The second-order valence-electron chi connectivity index (χ2n) is 1.95. The summed E-state index contributed by atoms with van der Waals surface area (Å²) in [5.41, 5.74) is 2.29. The largest absolute Gasteiger partial charge is 0.447 e. The molecule has 0 aromatic carbocycles. The highest BCUT2D eigenvalue weighted by molar-refractivity contribution is 5.99. The monoisotopic (exact) mass is 153 g/mol. The first-order valence-corrected chi connectivity index (χ1v) is 3.10. The third-order valence-corrected chi connectivity index (χ3v) is 1.25. The van der Waals surface area contributed by atoms with Gasteiger partial charge in [-0.1, -0.05) is 6.58 Å². The van der Waals surface area contributed by atoms with Crippen molar-refractivity contribution in [3.8, 4) is 0 Å². The molecule has 0 bridgehead atoms. The van der Waals surface area contributed by atoms with Gasteiger partial charge in [0.05, 0.1) is 6.54 Å². The minimum absolute atomic E-state index is 0.273. The Bertz CT molecular complexity index is 240. The summed E-state index contributed by atoms with van der Waals surface area (Å²) in [4.78, 5) is 22.6. The lowest BCUT2D eigenvalue weighted by atomic mass is 10.5. The van der Waals surface area contributed by atoms with Crippen LogP contribution < -0.4 is 0 Å². The quantitative estimate of drug-likeness (QED) is 0.402. The zero-order chi connectivity index (χ0) is 8.27. The number of nitrogens with zero attached hydrogens (tertiary/aromatic N) is 1. The number of carbonyl (C=O) groups is 2. The Balaban J connectivity index is 2.67. The van der Waals surface area contributed by atoms with Gasteiger partial charge in [0.2, 0.25) is 0 Å². The third-order valence-electron chi connectivity index (χ3n) is 1.25. The standard InChI is InChI=1S/C7H7NO3/c1-2-3-6(9)8-4-5-11-7(8)10/h3H,1,4-5H2. The van der Waals surface area contributed by atoms with E-state index in [-0.39, 0.29) is 6.61 Å². The molecular formula is C7H7NO3. The number of cyclic esters (lactones) is 1. The molecule has 0 atom stereocenters. The molecule has 0 aromatic heterocycles. The van der Waals surface area contributed by atoms with Crippen LogP contribution in [0.5, 0.6) is 0 Å². The van der Waals surface area contributed by atoms with Gasteiger partial charge in [-0.25, -0.2) is 9.69 Å². The van der Waals surface area contributed by atoms with Crippen LogP contribution in [0.3, 0.4) is 0 Å². The van der Waals surface area contributed by atoms with Gasteiger partial charge < -0.3 is 4.74 Å². The van der Waals surface area contributed by atoms with E-state index in [1.165, 1.54) is 0 Å². The van der Waals surface area contributed by atoms with Crippen molar-refractivity contribution in [2.45, 2.75) is 0 Å². The molecule has 0 N–H and O–H groups in total. The molecule has 1 rings (SSSR count). The summed E-state index contributed by atoms with van der Waals surface area (Å²) in [6.07, 6.45) is 0.508. The van der Waals surface area contributed by atoms with Crippen LogP contribution in [0, 0.1) is 0 Å². The fourth-order valence-corrected chi connectivity index (χ4v) is 0.759. The van der Waals surface area contributed by atoms with E-state index in [0.29, 0.717) is 6.54 Å². The second kappa shape index (κ2) is 3.03. The Morgan fingerprint density at radius 3 is 3.00 bits per heavy atom. The molecule has 0 spiro atoms. The fraction of sp³-hybridized carbons (Fsp3) is 0.286. The van der Waals surface area contributed by atoms with Crippen LogP contribution in [0.2, 0.25) is 0 Å². The van der Waals surface area contributed by atoms with Crippen molar-refractivity contribution >= 4 is 12.0 Å². The third kappa shape index (κ3) is 1.48. The second-order valence-corrected chi connectivity index (χ2v) is 1.95. The van der Waals surface area contributed by atoms with Gasteiger partial charge in [-0.2, -0.15) is 0 Å². The van der Waals surface area contributed by atoms with E-state index in [1.54, 1.807) is 0 Å². The molecular weight excluding hydrogens is 146 g/mol. The van der Waals surface area contributed by atoms with Crippen molar-refractivity contribution in [3.05, 3.63) is 18.4 Å². The fourth-order valence-electron chi connectivity index (χ4n) is 0.759. The van der Waals surface area contributed by atoms with Gasteiger partial charge in [-0.05, 0) is 0 Å². The molecule has 1 saturated heterocycles. The summed E-state index contributed by atoms with van der Waals surface area (Å²) in [7, 11) is 0. The first-order chi connectivity index (χ1) is 5.25. The van der Waals surface area contributed by atoms with Crippen LogP contribution in [0.15, 0.2) is 18.4 Å². The Morgan fingerprint density at radius 1 is 1.82 bits per heavy atom. The molecule has 4 heteroatoms. The molecule has 11 heavy (non-hydrogen) atoms. The van der Waals surface area contributed by atoms with Gasteiger partial charge in [-0.3, -0.25) is 4.79 Å². The maximum atomic E-state index is 10.9. The normalized spacial score (nSPS) is 15.6. The number of rotatable bonds is 1. The summed E-state index contributed by atoms with van der Waals surface area (Å²) >= 11 is 0. The van der Waals surface area contributed by atoms with Crippen LogP contribution in [0.1, 0.15) is 0 Å². The SMILES string of the molecule is C=C=CC(=O)N1CCOC1=O. The lowest BCUT2D eigenvalue weighted by molar-refractivity contribution is -0.122. The topological polar surface area (TPSA) is 46.6 Å². The van der Waals surface area contributed by atoms with Crippen LogP contribution in [0.4, 0.5) is 4.79 Å². The van der Waals surface area contributed by atoms with E-state index in [0.717, 1.165) is 11.0 Å². The molecule has 0 aromatic rings. The maximum absolute atomic E-state index is 10.9. The molecule has 1 aliphatic heterocycles. The molecule has 1 heterocycles. The Hall–Kier alpha value is -1.54. The molecule has 4 nitrogen and oxygen atoms in total. The van der Waals surface area contributed by atoms with Gasteiger partial charge in [0.15, 0.2) is 0 Å². The zero-order valence-electron chi connectivity index (χ0n) is 5.87. The van der Waals surface area contributed by atoms with Gasteiger partial charge >= 0.3 is 6.09 Å². The predicted octanol–water partition coefficient (Wildman–Crippen LogP) is 0.306. The lowest BCUT2D eigenvalue weighted by Gasteiger charge is -2.04. The summed E-state index contributed by atoms with van der Waals surface area (Å²) in [6, 6.07) is 0. The van der Waals surface area contributed by atoms with Crippen molar-refractivity contribution in [3.63, 3.8) is 0 Å².